The Morgan fingerprint density at radius 2 is 2.04 bits per heavy atom. The van der Waals surface area contributed by atoms with Crippen molar-refractivity contribution in [3.63, 3.8) is 0 Å². The number of para-hydroxylation sites is 2. The molecule has 0 spiro atoms. The average molecular weight is 378 g/mol. The summed E-state index contributed by atoms with van der Waals surface area (Å²) in [6.45, 7) is 2.39. The molecule has 0 unspecified atom stereocenters. The molecule has 1 aromatic carbocycles. The van der Waals surface area contributed by atoms with E-state index in [0.29, 0.717) is 30.7 Å². The lowest BCUT2D eigenvalue weighted by Gasteiger charge is -2.29. The van der Waals surface area contributed by atoms with E-state index in [1.807, 2.05) is 28.8 Å². The number of aromatic nitrogens is 2. The van der Waals surface area contributed by atoms with Crippen LogP contribution in [0.15, 0.2) is 30.5 Å². The Bertz CT molecular complexity index is 757. The molecule has 0 atom stereocenters. The van der Waals surface area contributed by atoms with E-state index in [1.165, 1.54) is 0 Å². The van der Waals surface area contributed by atoms with Gasteiger partial charge in [-0.1, -0.05) is 28.1 Å². The molecule has 0 aliphatic carbocycles. The number of hydrogen-bond acceptors (Lipinski definition) is 4. The fourth-order valence-electron chi connectivity index (χ4n) is 2.60. The van der Waals surface area contributed by atoms with E-state index in [2.05, 4.69) is 20.9 Å². The molecule has 7 heteroatoms. The minimum Gasteiger partial charge on any atom is -0.461 e. The summed E-state index contributed by atoms with van der Waals surface area (Å²) in [4.78, 5) is 30.3. The molecule has 6 nitrogen and oxygen atoms in total. The smallest absolute Gasteiger partial charge is 0.358 e. The zero-order valence-corrected chi connectivity index (χ0v) is 14.2. The number of imidazole rings is 1. The van der Waals surface area contributed by atoms with E-state index in [4.69, 9.17) is 4.74 Å². The standard InChI is InChI=1S/C16H16BrN3O3/c1-2-23-16(22)11-9-19-12-5-3-4-6-13(12)20(10-14(19)18-11)15(21)7-8-17/h3-6,9H,2,7-8,10H2,1H3. The SMILES string of the molecule is CCOC(=O)c1cn2c(n1)CN(C(=O)CCBr)c1ccccc1-2. The number of carbonyl (C=O) groups is 2. The van der Waals surface area contributed by atoms with Gasteiger partial charge in [0.2, 0.25) is 5.91 Å². The van der Waals surface area contributed by atoms with Crippen molar-refractivity contribution in [2.75, 3.05) is 16.8 Å². The van der Waals surface area contributed by atoms with Crippen molar-refractivity contribution in [3.8, 4) is 5.69 Å². The predicted octanol–water partition coefficient (Wildman–Crippen LogP) is 2.68. The molecule has 3 rings (SSSR count). The number of halogens is 1. The van der Waals surface area contributed by atoms with Gasteiger partial charge in [0.25, 0.3) is 0 Å². The summed E-state index contributed by atoms with van der Waals surface area (Å²) in [6.07, 6.45) is 2.07. The van der Waals surface area contributed by atoms with Crippen LogP contribution in [0.5, 0.6) is 0 Å². The summed E-state index contributed by atoms with van der Waals surface area (Å²) in [5.74, 6) is 0.209. The van der Waals surface area contributed by atoms with Gasteiger partial charge in [-0.25, -0.2) is 9.78 Å². The molecule has 1 amide bonds. The number of anilines is 1. The summed E-state index contributed by atoms with van der Waals surface area (Å²) in [6, 6.07) is 7.59. The van der Waals surface area contributed by atoms with Crippen LogP contribution in [0.25, 0.3) is 5.69 Å². The maximum Gasteiger partial charge on any atom is 0.358 e. The molecule has 1 aromatic heterocycles. The highest BCUT2D eigenvalue weighted by molar-refractivity contribution is 9.09. The molecule has 0 saturated carbocycles. The monoisotopic (exact) mass is 377 g/mol. The number of amides is 1. The van der Waals surface area contributed by atoms with Gasteiger partial charge >= 0.3 is 5.97 Å². The Morgan fingerprint density at radius 1 is 1.30 bits per heavy atom. The molecule has 0 radical (unpaired) electrons. The first kappa shape index (κ1) is 15.7. The van der Waals surface area contributed by atoms with Crippen molar-refractivity contribution >= 4 is 33.5 Å². The normalized spacial score (nSPS) is 12.5. The molecule has 2 aromatic rings. The van der Waals surface area contributed by atoms with Crippen LogP contribution in [0.1, 0.15) is 29.7 Å². The van der Waals surface area contributed by atoms with Crippen molar-refractivity contribution in [2.45, 2.75) is 19.9 Å². The van der Waals surface area contributed by atoms with Crippen LogP contribution in [0, 0.1) is 0 Å². The van der Waals surface area contributed by atoms with E-state index in [1.54, 1.807) is 18.0 Å². The number of rotatable bonds is 4. The van der Waals surface area contributed by atoms with Crippen molar-refractivity contribution < 1.29 is 14.3 Å². The van der Waals surface area contributed by atoms with Gasteiger partial charge in [0, 0.05) is 17.9 Å². The number of carbonyl (C=O) groups excluding carboxylic acids is 2. The van der Waals surface area contributed by atoms with Crippen LogP contribution < -0.4 is 4.90 Å². The Hall–Kier alpha value is -2.15. The highest BCUT2D eigenvalue weighted by atomic mass is 79.9. The molecule has 0 bridgehead atoms. The van der Waals surface area contributed by atoms with Gasteiger partial charge in [0.05, 0.1) is 24.5 Å². The topological polar surface area (TPSA) is 64.4 Å². The van der Waals surface area contributed by atoms with Crippen LogP contribution in [0.2, 0.25) is 0 Å². The van der Waals surface area contributed by atoms with Gasteiger partial charge in [-0.05, 0) is 19.1 Å². The lowest BCUT2D eigenvalue weighted by atomic mass is 10.2. The molecular weight excluding hydrogens is 362 g/mol. The van der Waals surface area contributed by atoms with Gasteiger partial charge in [0.1, 0.15) is 5.82 Å². The van der Waals surface area contributed by atoms with Crippen LogP contribution in [-0.2, 0) is 16.1 Å². The Labute approximate surface area is 142 Å². The van der Waals surface area contributed by atoms with E-state index < -0.39 is 5.97 Å². The molecule has 1 aliphatic heterocycles. The predicted molar refractivity (Wildman–Crippen MR) is 89.1 cm³/mol. The maximum atomic E-state index is 12.4. The summed E-state index contributed by atoms with van der Waals surface area (Å²) < 4.78 is 6.85. The van der Waals surface area contributed by atoms with Gasteiger partial charge < -0.3 is 9.64 Å². The molecule has 0 fully saturated rings. The number of nitrogens with zero attached hydrogens (tertiary/aromatic N) is 3. The lowest BCUT2D eigenvalue weighted by Crippen LogP contribution is -2.35. The van der Waals surface area contributed by atoms with Gasteiger partial charge in [-0.3, -0.25) is 9.36 Å². The van der Waals surface area contributed by atoms with E-state index in [0.717, 1.165) is 11.4 Å². The Kier molecular flexibility index (Phi) is 4.47. The highest BCUT2D eigenvalue weighted by Crippen LogP contribution is 2.32. The van der Waals surface area contributed by atoms with Gasteiger partial charge in [-0.15, -0.1) is 0 Å². The second-order valence-corrected chi connectivity index (χ2v) is 5.83. The van der Waals surface area contributed by atoms with Crippen LogP contribution >= 0.6 is 15.9 Å². The van der Waals surface area contributed by atoms with Crippen molar-refractivity contribution in [1.29, 1.82) is 0 Å². The van der Waals surface area contributed by atoms with Crippen molar-refractivity contribution in [1.82, 2.24) is 9.55 Å². The third kappa shape index (κ3) is 2.88. The number of benzene rings is 1. The van der Waals surface area contributed by atoms with E-state index in [-0.39, 0.29) is 11.6 Å². The van der Waals surface area contributed by atoms with Gasteiger partial charge in [0.15, 0.2) is 5.69 Å². The summed E-state index contributed by atoms with van der Waals surface area (Å²) in [7, 11) is 0. The van der Waals surface area contributed by atoms with Crippen molar-refractivity contribution in [3.05, 3.63) is 42.0 Å². The third-order valence-corrected chi connectivity index (χ3v) is 4.00. The average Bonchev–Trinajstić information content (AvgIpc) is 2.99. The molecule has 2 heterocycles. The first-order chi connectivity index (χ1) is 11.2. The van der Waals surface area contributed by atoms with E-state index in [9.17, 15) is 9.59 Å². The summed E-state index contributed by atoms with van der Waals surface area (Å²) in [5.41, 5.74) is 1.91. The number of fused-ring (bicyclic) bond motifs is 3. The second-order valence-electron chi connectivity index (χ2n) is 5.04. The first-order valence-corrected chi connectivity index (χ1v) is 8.49. The molecule has 0 N–H and O–H groups in total. The molecule has 0 saturated heterocycles. The largest absolute Gasteiger partial charge is 0.461 e. The second kappa shape index (κ2) is 6.54. The Morgan fingerprint density at radius 3 is 2.74 bits per heavy atom. The number of hydrogen-bond donors (Lipinski definition) is 0. The zero-order chi connectivity index (χ0) is 16.4. The van der Waals surface area contributed by atoms with Crippen LogP contribution in [-0.4, -0.2) is 33.4 Å². The molecule has 1 aliphatic rings. The van der Waals surface area contributed by atoms with E-state index >= 15 is 0 Å². The first-order valence-electron chi connectivity index (χ1n) is 7.36. The number of esters is 1. The number of alkyl halides is 1. The van der Waals surface area contributed by atoms with Crippen LogP contribution in [0.4, 0.5) is 5.69 Å². The fourth-order valence-corrected chi connectivity index (χ4v) is 2.94. The molecule has 23 heavy (non-hydrogen) atoms. The third-order valence-electron chi connectivity index (χ3n) is 3.60. The Balaban J connectivity index is 2.03. The maximum absolute atomic E-state index is 12.4. The minimum absolute atomic E-state index is 0.0151. The molecular formula is C16H16BrN3O3. The summed E-state index contributed by atoms with van der Waals surface area (Å²) in [5, 5.41) is 0.604. The quantitative estimate of drug-likeness (QED) is 0.606. The van der Waals surface area contributed by atoms with Crippen LogP contribution in [0.3, 0.4) is 0 Å². The molecule has 120 valence electrons. The zero-order valence-electron chi connectivity index (χ0n) is 12.7. The van der Waals surface area contributed by atoms with Gasteiger partial charge in [-0.2, -0.15) is 0 Å². The minimum atomic E-state index is -0.454. The summed E-state index contributed by atoms with van der Waals surface area (Å²) >= 11 is 3.30. The van der Waals surface area contributed by atoms with Crippen molar-refractivity contribution in [2.24, 2.45) is 0 Å². The number of ether oxygens (including phenoxy) is 1. The fraction of sp³-hybridized carbons (Fsp3) is 0.312. The lowest BCUT2D eigenvalue weighted by molar-refractivity contribution is -0.118. The highest BCUT2D eigenvalue weighted by Gasteiger charge is 2.28.